The van der Waals surface area contributed by atoms with Gasteiger partial charge in [0, 0.05) is 71.2 Å². The van der Waals surface area contributed by atoms with Crippen molar-refractivity contribution < 1.29 is 66.7 Å². The highest BCUT2D eigenvalue weighted by Gasteiger charge is 2.57. The smallest absolute Gasteiger partial charge is 0.408 e. The lowest BCUT2D eigenvalue weighted by molar-refractivity contribution is -0.302. The monoisotopic (exact) mass is 969 g/mol. The quantitative estimate of drug-likeness (QED) is 0.0851. The summed E-state index contributed by atoms with van der Waals surface area (Å²) in [6.07, 6.45) is 3.14. The second-order valence-corrected chi connectivity index (χ2v) is 22.4. The van der Waals surface area contributed by atoms with Crippen LogP contribution in [0.4, 0.5) is 0 Å². The molecule has 1 saturated carbocycles. The van der Waals surface area contributed by atoms with Crippen molar-refractivity contribution in [3.8, 4) is 0 Å². The highest BCUT2D eigenvalue weighted by molar-refractivity contribution is 7.51. The number of nitrogens with zero attached hydrogens (tertiary/aromatic N) is 2. The number of aliphatic hydroxyl groups excluding tert-OH is 1. The summed E-state index contributed by atoms with van der Waals surface area (Å²) in [7, 11) is 2.34. The maximum atomic E-state index is 14.6. The zero-order valence-electron chi connectivity index (χ0n) is 42.9. The molecule has 67 heavy (non-hydrogen) atoms. The number of methoxy groups -OCH3 is 3. The maximum Gasteiger partial charge on any atom is 0.408 e. The Kier molecular flexibility index (Phi) is 21.5. The number of fused-ring (bicyclic) bond motifs is 3. The normalized spacial score (nSPS) is 38.0. The Balaban J connectivity index is 1.73. The lowest BCUT2D eigenvalue weighted by Gasteiger charge is -2.47. The molecule has 2 saturated heterocycles. The number of ketones is 2. The van der Waals surface area contributed by atoms with Crippen molar-refractivity contribution in [3.05, 3.63) is 23.3 Å². The molecule has 15 atom stereocenters. The van der Waals surface area contributed by atoms with Crippen LogP contribution in [0.25, 0.3) is 0 Å². The number of rotatable bonds is 12. The number of hydrogen-bond acceptors (Lipinski definition) is 14. The van der Waals surface area contributed by atoms with Gasteiger partial charge in [0.1, 0.15) is 24.0 Å². The number of carbonyl (C=O) groups is 4. The van der Waals surface area contributed by atoms with E-state index >= 15 is 0 Å². The van der Waals surface area contributed by atoms with Crippen LogP contribution in [0.1, 0.15) is 140 Å². The Morgan fingerprint density at radius 2 is 1.54 bits per heavy atom. The Morgan fingerprint density at radius 3 is 2.12 bits per heavy atom. The predicted octanol–water partition coefficient (Wildman–Crippen LogP) is 7.37. The van der Waals surface area contributed by atoms with Crippen molar-refractivity contribution in [2.45, 2.75) is 207 Å². The van der Waals surface area contributed by atoms with E-state index in [1.165, 1.54) is 26.2 Å². The number of cyclic esters (lactones) is 1. The molecule has 3 fully saturated rings. The van der Waals surface area contributed by atoms with Gasteiger partial charge in [0.2, 0.25) is 5.79 Å². The molecule has 1 amide bonds. The summed E-state index contributed by atoms with van der Waals surface area (Å²) in [4.78, 5) is 58.5. The van der Waals surface area contributed by atoms with Crippen LogP contribution in [-0.4, -0.2) is 145 Å². The van der Waals surface area contributed by atoms with Crippen LogP contribution < -0.4 is 0 Å². The van der Waals surface area contributed by atoms with Crippen molar-refractivity contribution in [2.75, 3.05) is 35.0 Å². The maximum absolute atomic E-state index is 14.6. The number of ether oxygens (including phenoxy) is 5. The third-order valence-corrected chi connectivity index (χ3v) is 17.2. The molecule has 2 bridgehead atoms. The summed E-state index contributed by atoms with van der Waals surface area (Å²) < 4.78 is 58.2. The Hall–Kier alpha value is -2.37. The van der Waals surface area contributed by atoms with Gasteiger partial charge in [-0.2, -0.15) is 0 Å². The van der Waals surface area contributed by atoms with Gasteiger partial charge in [-0.1, -0.05) is 45.4 Å². The molecule has 16 nitrogen and oxygen atoms in total. The third kappa shape index (κ3) is 13.7. The van der Waals surface area contributed by atoms with Gasteiger partial charge in [0.15, 0.2) is 0 Å². The van der Waals surface area contributed by atoms with E-state index in [1.54, 1.807) is 25.6 Å². The first kappa shape index (κ1) is 57.2. The summed E-state index contributed by atoms with van der Waals surface area (Å²) in [5.41, 5.74) is 1.61. The van der Waals surface area contributed by atoms with Gasteiger partial charge in [0.05, 0.1) is 30.5 Å². The van der Waals surface area contributed by atoms with E-state index in [1.807, 2.05) is 67.5 Å². The van der Waals surface area contributed by atoms with E-state index in [2.05, 4.69) is 0 Å². The molecule has 17 heteroatoms. The van der Waals surface area contributed by atoms with E-state index < -0.39 is 97.7 Å². The molecule has 0 spiro atoms. The largest absolute Gasteiger partial charge is 0.456 e. The molecule has 0 radical (unpaired) electrons. The average molecular weight is 969 g/mol. The fourth-order valence-corrected chi connectivity index (χ4v) is 13.1. The Bertz CT molecular complexity index is 1780. The number of esters is 1. The Labute approximate surface area is 400 Å². The van der Waals surface area contributed by atoms with Gasteiger partial charge < -0.3 is 38.8 Å². The van der Waals surface area contributed by atoms with Gasteiger partial charge in [-0.05, 0) is 123 Å². The third-order valence-electron chi connectivity index (χ3n) is 14.7. The molecule has 4 rings (SSSR count). The SMILES string of the molecule is CC[C@@H]1/C=C(\C)C[C@H](C)C[C@H](OC)[C@H]2O[C@@](O)(C(=O)C(=O)N3CCCC[C@H]3C(=O)O[C@H](/C(C)=C/[C@@H]3CC[C@@H](OP(=O)(OC)N(C(C)C)C(C)C)[C@H](OC)C3)[C@H](C)C(O)CC1=O)[C@H](C)C[C@@H]2OC. The van der Waals surface area contributed by atoms with Crippen molar-refractivity contribution in [3.63, 3.8) is 0 Å². The van der Waals surface area contributed by atoms with Crippen LogP contribution in [0.3, 0.4) is 0 Å². The molecular weight excluding hydrogens is 884 g/mol. The Morgan fingerprint density at radius 1 is 0.910 bits per heavy atom. The van der Waals surface area contributed by atoms with Crippen molar-refractivity contribution in [1.29, 1.82) is 0 Å². The molecule has 2 unspecified atom stereocenters. The van der Waals surface area contributed by atoms with Crippen LogP contribution in [0.15, 0.2) is 23.3 Å². The number of amides is 1. The van der Waals surface area contributed by atoms with Crippen molar-refractivity contribution in [2.24, 2.45) is 29.6 Å². The summed E-state index contributed by atoms with van der Waals surface area (Å²) in [6.45, 7) is 19.0. The fourth-order valence-electron chi connectivity index (χ4n) is 11.0. The lowest BCUT2D eigenvalue weighted by Crippen LogP contribution is -2.64. The van der Waals surface area contributed by atoms with Crippen LogP contribution in [0.5, 0.6) is 0 Å². The van der Waals surface area contributed by atoms with Crippen LogP contribution >= 0.6 is 7.75 Å². The number of allylic oxidation sites excluding steroid dienone is 3. The standard InChI is InChI=1S/C50H85N2O14P/c1-15-37-23-31(6)22-32(7)24-43(61-12)46-44(62-13)26-34(9)50(58,65-46)47(55)48(56)51-21-17-16-18-38(51)49(57)64-45(35(10)39(53)28-40(37)54)33(8)25-36-19-20-41(42(27-36)60-11)66-67(59,63-14)52(29(2)3)30(4)5/h23,25,29-30,32,34-39,41-46,53,58H,15-22,24,26-28H2,1-14H3/b31-23+,33-25+/t32-,34+,35+,36-,37+,38-,39?,41+,42+,43-,44-,45+,46+,50+,67?/m0/s1. The van der Waals surface area contributed by atoms with E-state index in [4.69, 9.17) is 32.7 Å². The number of carbonyl (C=O) groups excluding carboxylic acids is 4. The molecule has 2 N–H and O–H groups in total. The highest BCUT2D eigenvalue weighted by atomic mass is 31.2. The van der Waals surface area contributed by atoms with Crippen molar-refractivity contribution >= 4 is 31.2 Å². The van der Waals surface area contributed by atoms with Crippen LogP contribution in [0.2, 0.25) is 0 Å². The molecule has 3 heterocycles. The van der Waals surface area contributed by atoms with Gasteiger partial charge in [-0.3, -0.25) is 23.4 Å². The minimum atomic E-state index is -3.69. The predicted molar refractivity (Wildman–Crippen MR) is 254 cm³/mol. The van der Waals surface area contributed by atoms with Gasteiger partial charge in [-0.25, -0.2) is 14.0 Å². The minimum Gasteiger partial charge on any atom is -0.456 e. The number of hydrogen-bond donors (Lipinski definition) is 2. The topological polar surface area (TPSA) is 197 Å². The average Bonchev–Trinajstić information content (AvgIpc) is 3.28. The molecule has 0 aromatic heterocycles. The van der Waals surface area contributed by atoms with E-state index in [-0.39, 0.29) is 55.5 Å². The van der Waals surface area contributed by atoms with Gasteiger partial charge >= 0.3 is 13.7 Å². The zero-order chi connectivity index (χ0) is 50.1. The van der Waals surface area contributed by atoms with Crippen LogP contribution in [0, 0.1) is 29.6 Å². The van der Waals surface area contributed by atoms with Crippen LogP contribution in [-0.2, 0) is 56.5 Å². The van der Waals surface area contributed by atoms with Gasteiger partial charge in [-0.15, -0.1) is 0 Å². The molecular formula is C50H85N2O14P. The number of aliphatic hydroxyl groups is 2. The summed E-state index contributed by atoms with van der Waals surface area (Å²) in [5.74, 6) is -7.83. The van der Waals surface area contributed by atoms with E-state index in [9.17, 15) is 34.0 Å². The molecule has 384 valence electrons. The molecule has 0 aromatic carbocycles. The van der Waals surface area contributed by atoms with Crippen molar-refractivity contribution in [1.82, 2.24) is 9.57 Å². The summed E-state index contributed by atoms with van der Waals surface area (Å²) in [5, 5.41) is 24.0. The molecule has 4 aliphatic rings. The summed E-state index contributed by atoms with van der Waals surface area (Å²) in [6, 6.07) is -1.40. The second-order valence-electron chi connectivity index (χ2n) is 20.5. The van der Waals surface area contributed by atoms with E-state index in [0.29, 0.717) is 56.9 Å². The lowest BCUT2D eigenvalue weighted by atomic mass is 9.81. The second kappa shape index (κ2) is 25.1. The zero-order valence-corrected chi connectivity index (χ0v) is 43.8. The molecule has 1 aliphatic carbocycles. The van der Waals surface area contributed by atoms with E-state index in [0.717, 1.165) is 5.57 Å². The first-order valence-corrected chi connectivity index (χ1v) is 26.2. The minimum absolute atomic E-state index is 0.0149. The first-order valence-electron chi connectivity index (χ1n) is 24.7. The first-order chi connectivity index (χ1) is 31.5. The molecule has 0 aromatic rings. The highest BCUT2D eigenvalue weighted by Crippen LogP contribution is 2.56. The number of piperidine rings is 1. The summed E-state index contributed by atoms with van der Waals surface area (Å²) >= 11 is 0. The van der Waals surface area contributed by atoms with Gasteiger partial charge in [0.25, 0.3) is 11.7 Å². The fraction of sp³-hybridized carbons (Fsp3) is 0.840. The molecule has 3 aliphatic heterocycles. The number of Topliss-reactive ketones (excluding diaryl/α,β-unsaturated/α-hetero) is 2.